The normalized spacial score (nSPS) is 23.1. The molecule has 0 aromatic heterocycles. The molecule has 3 heteroatoms. The van der Waals surface area contributed by atoms with Crippen LogP contribution in [0.25, 0.3) is 5.57 Å². The second-order valence-corrected chi connectivity index (χ2v) is 7.65. The fraction of sp³-hybridized carbons (Fsp3) is 0.261. The Morgan fingerprint density at radius 1 is 0.885 bits per heavy atom. The molecule has 0 unspecified atom stereocenters. The molecule has 1 fully saturated rings. The fourth-order valence-corrected chi connectivity index (χ4v) is 4.50. The first-order chi connectivity index (χ1) is 12.6. The van der Waals surface area contributed by atoms with E-state index in [2.05, 4.69) is 18.7 Å². The number of carbonyl (C=O) groups excluding carboxylic acids is 1. The summed E-state index contributed by atoms with van der Waals surface area (Å²) in [4.78, 5) is 12.6. The van der Waals surface area contributed by atoms with Gasteiger partial charge in [0.2, 0.25) is 5.78 Å². The minimum atomic E-state index is -0.275. The van der Waals surface area contributed by atoms with Gasteiger partial charge < -0.3 is 5.11 Å². The van der Waals surface area contributed by atoms with Crippen molar-refractivity contribution in [3.8, 4) is 0 Å². The third-order valence-electron chi connectivity index (χ3n) is 5.77. The maximum absolute atomic E-state index is 12.6. The van der Waals surface area contributed by atoms with Gasteiger partial charge in [-0.25, -0.2) is 0 Å². The van der Waals surface area contributed by atoms with Crippen molar-refractivity contribution in [3.63, 3.8) is 0 Å². The number of fused-ring (bicyclic) bond motifs is 1. The van der Waals surface area contributed by atoms with Crippen LogP contribution in [0.4, 0.5) is 0 Å². The van der Waals surface area contributed by atoms with Crippen molar-refractivity contribution in [3.05, 3.63) is 88.2 Å². The lowest BCUT2D eigenvalue weighted by Gasteiger charge is -2.33. The van der Waals surface area contributed by atoms with Gasteiger partial charge in [0.1, 0.15) is 0 Å². The first kappa shape index (κ1) is 17.1. The van der Waals surface area contributed by atoms with Gasteiger partial charge in [-0.2, -0.15) is 0 Å². The highest BCUT2D eigenvalue weighted by atomic mass is 35.5. The van der Waals surface area contributed by atoms with Crippen molar-refractivity contribution >= 4 is 23.0 Å². The van der Waals surface area contributed by atoms with Gasteiger partial charge in [0.05, 0.1) is 0 Å². The van der Waals surface area contributed by atoms with Gasteiger partial charge in [-0.05, 0) is 66.4 Å². The van der Waals surface area contributed by atoms with Crippen LogP contribution in [0.1, 0.15) is 53.1 Å². The standard InChI is InChI=1S/C23H21ClO2/c1-14-19-4-2-3-5-20(19)22(25)23(26)21(14)17-8-6-15(7-9-17)16-10-12-18(24)13-11-16/h2-5,10-13,15,17,26H,1,6-9H2. The number of ketones is 1. The molecule has 2 nitrogen and oxygen atoms in total. The summed E-state index contributed by atoms with van der Waals surface area (Å²) in [6, 6.07) is 15.5. The molecule has 0 heterocycles. The van der Waals surface area contributed by atoms with Crippen molar-refractivity contribution < 1.29 is 9.90 Å². The Bertz CT molecular complexity index is 900. The summed E-state index contributed by atoms with van der Waals surface area (Å²) in [5, 5.41) is 11.3. The molecule has 1 N–H and O–H groups in total. The van der Waals surface area contributed by atoms with Crippen LogP contribution in [-0.4, -0.2) is 10.9 Å². The van der Waals surface area contributed by atoms with Gasteiger partial charge in [-0.3, -0.25) is 4.79 Å². The summed E-state index contributed by atoms with van der Waals surface area (Å²) < 4.78 is 0. The lowest BCUT2D eigenvalue weighted by atomic mass is 9.71. The summed E-state index contributed by atoms with van der Waals surface area (Å²) in [6.45, 7) is 4.20. The summed E-state index contributed by atoms with van der Waals surface area (Å²) in [5.74, 6) is 0.306. The maximum atomic E-state index is 12.6. The highest BCUT2D eigenvalue weighted by molar-refractivity contribution is 6.30. The molecule has 1 saturated carbocycles. The zero-order valence-electron chi connectivity index (χ0n) is 14.5. The Balaban J connectivity index is 1.56. The number of rotatable bonds is 2. The van der Waals surface area contributed by atoms with E-state index >= 15 is 0 Å². The molecule has 2 aromatic rings. The number of hydrogen-bond acceptors (Lipinski definition) is 2. The van der Waals surface area contributed by atoms with Gasteiger partial charge in [0.25, 0.3) is 0 Å². The molecule has 0 aliphatic heterocycles. The van der Waals surface area contributed by atoms with Crippen molar-refractivity contribution in [2.45, 2.75) is 31.6 Å². The zero-order valence-corrected chi connectivity index (χ0v) is 15.3. The second kappa shape index (κ2) is 6.77. The van der Waals surface area contributed by atoms with Crippen molar-refractivity contribution in [1.82, 2.24) is 0 Å². The Morgan fingerprint density at radius 3 is 2.12 bits per heavy atom. The van der Waals surface area contributed by atoms with Crippen molar-refractivity contribution in [2.24, 2.45) is 5.92 Å². The van der Waals surface area contributed by atoms with Crippen LogP contribution in [0.3, 0.4) is 0 Å². The molecule has 0 saturated heterocycles. The molecular formula is C23H21ClO2. The molecule has 2 aliphatic carbocycles. The van der Waals surface area contributed by atoms with E-state index in [1.165, 1.54) is 5.56 Å². The van der Waals surface area contributed by atoms with Crippen LogP contribution in [0.2, 0.25) is 5.02 Å². The molecule has 26 heavy (non-hydrogen) atoms. The van der Waals surface area contributed by atoms with E-state index in [0.717, 1.165) is 47.4 Å². The minimum Gasteiger partial charge on any atom is -0.504 e. The number of allylic oxidation sites excluding steroid dienone is 3. The topological polar surface area (TPSA) is 37.3 Å². The quantitative estimate of drug-likeness (QED) is 0.675. The average Bonchev–Trinajstić information content (AvgIpc) is 2.68. The Hall–Kier alpha value is -2.32. The Labute approximate surface area is 158 Å². The lowest BCUT2D eigenvalue weighted by molar-refractivity contribution is 0.0970. The Morgan fingerprint density at radius 2 is 1.46 bits per heavy atom. The predicted octanol–water partition coefficient (Wildman–Crippen LogP) is 6.34. The number of benzene rings is 2. The highest BCUT2D eigenvalue weighted by Crippen LogP contribution is 2.45. The fourth-order valence-electron chi connectivity index (χ4n) is 4.37. The number of carbonyl (C=O) groups is 1. The van der Waals surface area contributed by atoms with Gasteiger partial charge in [-0.15, -0.1) is 0 Å². The number of halogens is 1. The van der Waals surface area contributed by atoms with E-state index in [-0.39, 0.29) is 17.5 Å². The lowest BCUT2D eigenvalue weighted by Crippen LogP contribution is -2.23. The molecule has 0 atom stereocenters. The average molecular weight is 365 g/mol. The van der Waals surface area contributed by atoms with E-state index < -0.39 is 0 Å². The Kier molecular flexibility index (Phi) is 4.46. The number of Topliss-reactive ketones (excluding diaryl/α,β-unsaturated/α-hetero) is 1. The van der Waals surface area contributed by atoms with Crippen LogP contribution in [0, 0.1) is 5.92 Å². The van der Waals surface area contributed by atoms with Crippen LogP contribution in [0.5, 0.6) is 0 Å². The molecule has 0 spiro atoms. The van der Waals surface area contributed by atoms with Crippen LogP contribution < -0.4 is 0 Å². The predicted molar refractivity (Wildman–Crippen MR) is 106 cm³/mol. The van der Waals surface area contributed by atoms with E-state index in [0.29, 0.717) is 11.5 Å². The third kappa shape index (κ3) is 2.89. The molecule has 2 aliphatic rings. The smallest absolute Gasteiger partial charge is 0.228 e. The summed E-state index contributed by atoms with van der Waals surface area (Å²) >= 11 is 5.99. The number of hydrogen-bond donors (Lipinski definition) is 1. The van der Waals surface area contributed by atoms with Crippen molar-refractivity contribution in [1.29, 1.82) is 0 Å². The third-order valence-corrected chi connectivity index (χ3v) is 6.02. The molecule has 0 amide bonds. The van der Waals surface area contributed by atoms with E-state index in [9.17, 15) is 9.90 Å². The summed E-state index contributed by atoms with van der Waals surface area (Å²) in [5.41, 5.74) is 4.27. The highest BCUT2D eigenvalue weighted by Gasteiger charge is 2.34. The summed E-state index contributed by atoms with van der Waals surface area (Å²) in [7, 11) is 0. The zero-order chi connectivity index (χ0) is 18.3. The molecule has 2 aromatic carbocycles. The van der Waals surface area contributed by atoms with Gasteiger partial charge >= 0.3 is 0 Å². The van der Waals surface area contributed by atoms with E-state index in [4.69, 9.17) is 11.6 Å². The number of aliphatic hydroxyl groups excluding tert-OH is 1. The first-order valence-electron chi connectivity index (χ1n) is 9.08. The van der Waals surface area contributed by atoms with Gasteiger partial charge in [0, 0.05) is 16.2 Å². The molecule has 0 radical (unpaired) electrons. The summed E-state index contributed by atoms with van der Waals surface area (Å²) in [6.07, 6.45) is 3.96. The maximum Gasteiger partial charge on any atom is 0.228 e. The molecule has 0 bridgehead atoms. The van der Waals surface area contributed by atoms with Crippen LogP contribution in [0.15, 0.2) is 66.4 Å². The van der Waals surface area contributed by atoms with Crippen LogP contribution >= 0.6 is 11.6 Å². The van der Waals surface area contributed by atoms with Gasteiger partial charge in [0.15, 0.2) is 5.76 Å². The first-order valence-corrected chi connectivity index (χ1v) is 9.46. The SMILES string of the molecule is C=C1C(C2CCC(c3ccc(Cl)cc3)CC2)=C(O)C(=O)c2ccccc21. The number of aliphatic hydroxyl groups is 1. The molecule has 132 valence electrons. The van der Waals surface area contributed by atoms with E-state index in [1.54, 1.807) is 6.07 Å². The molecular weight excluding hydrogens is 344 g/mol. The minimum absolute atomic E-state index is 0.108. The largest absolute Gasteiger partial charge is 0.504 e. The van der Waals surface area contributed by atoms with Crippen LogP contribution in [-0.2, 0) is 0 Å². The molecule has 4 rings (SSSR count). The van der Waals surface area contributed by atoms with Crippen molar-refractivity contribution in [2.75, 3.05) is 0 Å². The van der Waals surface area contributed by atoms with E-state index in [1.807, 2.05) is 30.3 Å². The van der Waals surface area contributed by atoms with Gasteiger partial charge in [-0.1, -0.05) is 54.6 Å². The monoisotopic (exact) mass is 364 g/mol. The second-order valence-electron chi connectivity index (χ2n) is 7.22.